The quantitative estimate of drug-likeness (QED) is 0.828. The Balaban J connectivity index is 2.86. The summed E-state index contributed by atoms with van der Waals surface area (Å²) in [7, 11) is 0. The summed E-state index contributed by atoms with van der Waals surface area (Å²) in [6, 6.07) is 1.03. The maximum absolute atomic E-state index is 12.4. The van der Waals surface area contributed by atoms with E-state index in [1.54, 1.807) is 6.92 Å². The molecule has 0 spiro atoms. The van der Waals surface area contributed by atoms with Gasteiger partial charge in [-0.05, 0) is 13.0 Å². The van der Waals surface area contributed by atoms with Crippen molar-refractivity contribution in [3.63, 3.8) is 0 Å². The Morgan fingerprint density at radius 2 is 2.18 bits per heavy atom. The number of nitrogen functional groups attached to an aromatic ring is 1. The van der Waals surface area contributed by atoms with Gasteiger partial charge in [0, 0.05) is 11.9 Å². The van der Waals surface area contributed by atoms with E-state index in [1.165, 1.54) is 0 Å². The molecule has 0 saturated carbocycles. The fraction of sp³-hybridized carbons (Fsp3) is 0.400. The highest BCUT2D eigenvalue weighted by atomic mass is 19.4. The van der Waals surface area contributed by atoms with Crippen LogP contribution in [0.4, 0.5) is 18.9 Å². The van der Waals surface area contributed by atoms with Gasteiger partial charge in [0.25, 0.3) is 0 Å². The van der Waals surface area contributed by atoms with E-state index in [9.17, 15) is 18.0 Å². The zero-order chi connectivity index (χ0) is 13.1. The molecule has 1 heterocycles. The van der Waals surface area contributed by atoms with Crippen LogP contribution in [0, 0.1) is 0 Å². The summed E-state index contributed by atoms with van der Waals surface area (Å²) in [6.07, 6.45) is -4.13. The van der Waals surface area contributed by atoms with Crippen LogP contribution < -0.4 is 5.73 Å². The van der Waals surface area contributed by atoms with Gasteiger partial charge in [0.2, 0.25) is 0 Å². The summed E-state index contributed by atoms with van der Waals surface area (Å²) in [5.74, 6) is -0.556. The van der Waals surface area contributed by atoms with E-state index < -0.39 is 23.4 Å². The molecule has 94 valence electrons. The van der Waals surface area contributed by atoms with Crippen LogP contribution in [0.25, 0.3) is 0 Å². The van der Waals surface area contributed by atoms with E-state index in [0.29, 0.717) is 6.20 Å². The van der Waals surface area contributed by atoms with Crippen molar-refractivity contribution in [1.82, 2.24) is 4.98 Å². The molecule has 0 aliphatic heterocycles. The van der Waals surface area contributed by atoms with Crippen LogP contribution >= 0.6 is 0 Å². The van der Waals surface area contributed by atoms with Gasteiger partial charge in [-0.2, -0.15) is 13.2 Å². The van der Waals surface area contributed by atoms with Gasteiger partial charge in [-0.15, -0.1) is 0 Å². The number of nitrogens with two attached hydrogens (primary N) is 1. The highest BCUT2D eigenvalue weighted by Crippen LogP contribution is 2.32. The number of nitrogens with zero attached hydrogens (tertiary/aromatic N) is 1. The van der Waals surface area contributed by atoms with Crippen LogP contribution in [0.1, 0.15) is 18.2 Å². The number of alkyl halides is 3. The molecular weight excluding hydrogens is 237 g/mol. The first-order valence-corrected chi connectivity index (χ1v) is 4.81. The van der Waals surface area contributed by atoms with E-state index in [-0.39, 0.29) is 18.7 Å². The minimum Gasteiger partial charge on any atom is -0.466 e. The lowest BCUT2D eigenvalue weighted by Gasteiger charge is -2.10. The average molecular weight is 248 g/mol. The Kier molecular flexibility index (Phi) is 3.93. The maximum atomic E-state index is 12.4. The molecule has 17 heavy (non-hydrogen) atoms. The van der Waals surface area contributed by atoms with Crippen LogP contribution in [0.5, 0.6) is 0 Å². The number of anilines is 1. The first-order chi connectivity index (χ1) is 7.84. The van der Waals surface area contributed by atoms with Crippen molar-refractivity contribution in [2.45, 2.75) is 19.5 Å². The molecule has 0 aliphatic carbocycles. The largest absolute Gasteiger partial charge is 0.466 e. The number of esters is 1. The van der Waals surface area contributed by atoms with Crippen LogP contribution in [-0.2, 0) is 22.1 Å². The molecular formula is C10H11F3N2O2. The summed E-state index contributed by atoms with van der Waals surface area (Å²) in [5, 5.41) is 0. The van der Waals surface area contributed by atoms with Crippen LogP contribution in [0.3, 0.4) is 0 Å². The standard InChI is InChI=1S/C10H11F3N2O2/c1-2-17-9(16)4-6-3-8(14)7(5-15-6)10(11,12)13/h3,5H,2,4H2,1H3,(H2,14,15). The SMILES string of the molecule is CCOC(=O)Cc1cc(N)c(C(F)(F)F)cn1. The van der Waals surface area contributed by atoms with Crippen LogP contribution in [0.2, 0.25) is 0 Å². The number of halogens is 3. The van der Waals surface area contributed by atoms with E-state index in [1.807, 2.05) is 0 Å². The third-order valence-corrected chi connectivity index (χ3v) is 1.93. The van der Waals surface area contributed by atoms with Crippen molar-refractivity contribution in [3.05, 3.63) is 23.5 Å². The van der Waals surface area contributed by atoms with E-state index in [2.05, 4.69) is 9.72 Å². The second-order valence-electron chi connectivity index (χ2n) is 3.24. The van der Waals surface area contributed by atoms with Crippen molar-refractivity contribution in [1.29, 1.82) is 0 Å². The number of carbonyl (C=O) groups excluding carboxylic acids is 1. The summed E-state index contributed by atoms with van der Waals surface area (Å²) >= 11 is 0. The van der Waals surface area contributed by atoms with Crippen molar-refractivity contribution < 1.29 is 22.7 Å². The Hall–Kier alpha value is -1.79. The number of hydrogen-bond donors (Lipinski definition) is 1. The molecule has 0 saturated heterocycles. The van der Waals surface area contributed by atoms with Gasteiger partial charge >= 0.3 is 12.1 Å². The van der Waals surface area contributed by atoms with Crippen molar-refractivity contribution in [3.8, 4) is 0 Å². The minimum atomic E-state index is -4.54. The number of ether oxygens (including phenoxy) is 1. The molecule has 1 aromatic heterocycles. The Bertz CT molecular complexity index is 419. The van der Waals surface area contributed by atoms with E-state index >= 15 is 0 Å². The molecule has 7 heteroatoms. The average Bonchev–Trinajstić information content (AvgIpc) is 2.15. The fourth-order valence-corrected chi connectivity index (χ4v) is 1.21. The van der Waals surface area contributed by atoms with Gasteiger partial charge in [0.15, 0.2) is 0 Å². The van der Waals surface area contributed by atoms with Gasteiger partial charge < -0.3 is 10.5 Å². The molecule has 0 aromatic carbocycles. The third-order valence-electron chi connectivity index (χ3n) is 1.93. The fourth-order valence-electron chi connectivity index (χ4n) is 1.21. The van der Waals surface area contributed by atoms with Crippen LogP contribution in [-0.4, -0.2) is 17.6 Å². The lowest BCUT2D eigenvalue weighted by atomic mass is 10.2. The molecule has 0 aliphatic rings. The second kappa shape index (κ2) is 5.03. The predicted octanol–water partition coefficient (Wildman–Crippen LogP) is 1.79. The number of aromatic nitrogens is 1. The lowest BCUT2D eigenvalue weighted by molar-refractivity contribution is -0.142. The minimum absolute atomic E-state index is 0.147. The highest BCUT2D eigenvalue weighted by molar-refractivity contribution is 5.72. The van der Waals surface area contributed by atoms with E-state index in [0.717, 1.165) is 6.07 Å². The predicted molar refractivity (Wildman–Crippen MR) is 54.0 cm³/mol. The van der Waals surface area contributed by atoms with Crippen molar-refractivity contribution in [2.75, 3.05) is 12.3 Å². The number of carbonyl (C=O) groups is 1. The maximum Gasteiger partial charge on any atom is 0.419 e. The van der Waals surface area contributed by atoms with Crippen molar-refractivity contribution in [2.24, 2.45) is 0 Å². The first-order valence-electron chi connectivity index (χ1n) is 4.81. The van der Waals surface area contributed by atoms with Crippen LogP contribution in [0.15, 0.2) is 12.3 Å². The summed E-state index contributed by atoms with van der Waals surface area (Å²) in [5.41, 5.74) is 3.93. The molecule has 0 amide bonds. The highest BCUT2D eigenvalue weighted by Gasteiger charge is 2.33. The second-order valence-corrected chi connectivity index (χ2v) is 3.24. The Morgan fingerprint density at radius 1 is 1.53 bits per heavy atom. The van der Waals surface area contributed by atoms with E-state index in [4.69, 9.17) is 5.73 Å². The topological polar surface area (TPSA) is 65.2 Å². The van der Waals surface area contributed by atoms with Gasteiger partial charge in [0.1, 0.15) is 0 Å². The zero-order valence-electron chi connectivity index (χ0n) is 9.04. The Labute approximate surface area is 95.6 Å². The number of hydrogen-bond acceptors (Lipinski definition) is 4. The van der Waals surface area contributed by atoms with Gasteiger partial charge in [-0.25, -0.2) is 0 Å². The molecule has 0 unspecified atom stereocenters. The normalized spacial score (nSPS) is 11.3. The molecule has 0 bridgehead atoms. The summed E-state index contributed by atoms with van der Waals surface area (Å²) < 4.78 is 41.7. The molecule has 2 N–H and O–H groups in total. The summed E-state index contributed by atoms with van der Waals surface area (Å²) in [4.78, 5) is 14.6. The van der Waals surface area contributed by atoms with Gasteiger partial charge in [-0.1, -0.05) is 0 Å². The first kappa shape index (κ1) is 13.3. The third kappa shape index (κ3) is 3.61. The van der Waals surface area contributed by atoms with Gasteiger partial charge in [-0.3, -0.25) is 9.78 Å². The summed E-state index contributed by atoms with van der Waals surface area (Å²) in [6.45, 7) is 1.83. The molecule has 1 aromatic rings. The monoisotopic (exact) mass is 248 g/mol. The van der Waals surface area contributed by atoms with Gasteiger partial charge in [0.05, 0.1) is 24.3 Å². The lowest BCUT2D eigenvalue weighted by Crippen LogP contribution is -2.13. The van der Waals surface area contributed by atoms with Crippen molar-refractivity contribution >= 4 is 11.7 Å². The number of pyridine rings is 1. The molecule has 1 rings (SSSR count). The molecule has 4 nitrogen and oxygen atoms in total. The zero-order valence-corrected chi connectivity index (χ0v) is 9.04. The number of rotatable bonds is 3. The molecule has 0 atom stereocenters. The molecule has 0 radical (unpaired) electrons. The Morgan fingerprint density at radius 3 is 2.65 bits per heavy atom. The smallest absolute Gasteiger partial charge is 0.419 e. The molecule has 0 fully saturated rings.